The van der Waals surface area contributed by atoms with Gasteiger partial charge in [-0.2, -0.15) is 0 Å². The summed E-state index contributed by atoms with van der Waals surface area (Å²) in [5.74, 6) is 0. The van der Waals surface area contributed by atoms with E-state index in [9.17, 15) is 0 Å². The van der Waals surface area contributed by atoms with Gasteiger partial charge >= 0.3 is 7.82 Å². The quantitative estimate of drug-likeness (QED) is 0.305. The van der Waals surface area contributed by atoms with Gasteiger partial charge in [0.1, 0.15) is 0 Å². The molecule has 0 aliphatic heterocycles. The van der Waals surface area contributed by atoms with Crippen LogP contribution in [-0.4, -0.2) is 51.1 Å². The number of hydrogen-bond acceptors (Lipinski definition) is 1. The van der Waals surface area contributed by atoms with Crippen LogP contribution in [0.1, 0.15) is 0 Å². The molecule has 37 valence electrons. The topological polar surface area (TPSA) is 77.8 Å². The summed E-state index contributed by atoms with van der Waals surface area (Å²) in [6, 6.07) is 0. The monoisotopic (exact) mass is 179 g/mol. The molecule has 0 atom stereocenters. The normalized spacial score (nSPS) is 8.43. The predicted octanol–water partition coefficient (Wildman–Crippen LogP) is -1.69. The molecule has 3 N–H and O–H groups in total. The van der Waals surface area contributed by atoms with E-state index in [2.05, 4.69) is 0 Å². The van der Waals surface area contributed by atoms with Gasteiger partial charge in [-0.15, -0.1) is 0 Å². The average Bonchev–Trinajstić information content (AvgIpc) is 0.722. The van der Waals surface area contributed by atoms with Crippen molar-refractivity contribution in [2.45, 2.75) is 0 Å². The van der Waals surface area contributed by atoms with Gasteiger partial charge < -0.3 is 14.7 Å². The third-order valence-corrected chi connectivity index (χ3v) is 0. The summed E-state index contributed by atoms with van der Waals surface area (Å²) in [5, 5.41) is 0. The second-order valence-electron chi connectivity index (χ2n) is 0.513. The van der Waals surface area contributed by atoms with Crippen molar-refractivity contribution in [1.82, 2.24) is 0 Å². The van der Waals surface area contributed by atoms with Crippen molar-refractivity contribution >= 4 is 44.3 Å². The van der Waals surface area contributed by atoms with Crippen molar-refractivity contribution in [3.05, 3.63) is 0 Å². The Morgan fingerprint density at radius 3 is 1.14 bits per heavy atom. The van der Waals surface area contributed by atoms with Gasteiger partial charge in [0.15, 0.2) is 0 Å². The van der Waals surface area contributed by atoms with E-state index < -0.39 is 7.82 Å². The Labute approximate surface area is 63.7 Å². The molecule has 0 saturated carbocycles. The van der Waals surface area contributed by atoms with Gasteiger partial charge in [-0.25, -0.2) is 4.57 Å². The van der Waals surface area contributed by atoms with Crippen LogP contribution in [0.4, 0.5) is 0 Å². The summed E-state index contributed by atoms with van der Waals surface area (Å²) in [4.78, 5) is 21.6. The first-order chi connectivity index (χ1) is 2.00. The van der Waals surface area contributed by atoms with Gasteiger partial charge in [0.2, 0.25) is 0 Å². The van der Waals surface area contributed by atoms with Gasteiger partial charge in [0, 0.05) is 36.5 Å². The van der Waals surface area contributed by atoms with Crippen LogP contribution in [0.15, 0.2) is 0 Å². The zero-order valence-electron chi connectivity index (χ0n) is 3.70. The van der Waals surface area contributed by atoms with E-state index >= 15 is 0 Å². The molecule has 0 amide bonds. The Kier molecular flexibility index (Phi) is 12.1. The zero-order valence-corrected chi connectivity index (χ0v) is 6.69. The van der Waals surface area contributed by atoms with Crippen molar-refractivity contribution in [2.24, 2.45) is 0 Å². The molecule has 5 radical (unpaired) electrons. The van der Waals surface area contributed by atoms with E-state index in [0.29, 0.717) is 0 Å². The molecule has 0 aliphatic rings. The molecule has 0 saturated heterocycles. The van der Waals surface area contributed by atoms with E-state index in [1.54, 1.807) is 0 Å². The summed E-state index contributed by atoms with van der Waals surface area (Å²) in [5.41, 5.74) is 0. The zero-order chi connectivity index (χ0) is 4.50. The number of phosphoric acid groups is 1. The Hall–Kier alpha value is 1.25. The fraction of sp³-hybridized carbons (Fsp3) is 0. The Morgan fingerprint density at radius 2 is 1.14 bits per heavy atom. The van der Waals surface area contributed by atoms with Crippen molar-refractivity contribution in [3.8, 4) is 0 Å². The summed E-state index contributed by atoms with van der Waals surface area (Å²) in [6.45, 7) is 0. The Morgan fingerprint density at radius 1 is 1.14 bits per heavy atom. The van der Waals surface area contributed by atoms with Crippen LogP contribution >= 0.6 is 7.82 Å². The SMILES string of the molecule is O=P(O)(O)O.[Ge].[Li]. The van der Waals surface area contributed by atoms with Crippen molar-refractivity contribution in [3.63, 3.8) is 0 Å². The molecule has 7 heteroatoms. The molecular weight excluding hydrogens is 175 g/mol. The molecule has 0 aromatic carbocycles. The smallest absolute Gasteiger partial charge is 0.303 e. The molecule has 0 heterocycles. The van der Waals surface area contributed by atoms with Crippen LogP contribution in [0, 0.1) is 0 Å². The van der Waals surface area contributed by atoms with Gasteiger partial charge in [-0.3, -0.25) is 0 Å². The maximum Gasteiger partial charge on any atom is 0.466 e. The molecule has 4 nitrogen and oxygen atoms in total. The second-order valence-corrected chi connectivity index (χ2v) is 1.54. The van der Waals surface area contributed by atoms with Crippen LogP contribution < -0.4 is 0 Å². The molecule has 0 unspecified atom stereocenters. The Balaban J connectivity index is -0.0000000800. The molecular formula is H3GeLiO4P. The molecule has 0 aliphatic carbocycles. The van der Waals surface area contributed by atoms with E-state index in [0.717, 1.165) is 0 Å². The molecule has 0 spiro atoms. The second kappa shape index (κ2) is 5.39. The largest absolute Gasteiger partial charge is 0.466 e. The maximum atomic E-state index is 8.88. The number of hydrogen-bond donors (Lipinski definition) is 3. The van der Waals surface area contributed by atoms with Crippen molar-refractivity contribution in [1.29, 1.82) is 0 Å². The molecule has 0 aromatic heterocycles. The third-order valence-electron chi connectivity index (χ3n) is 0. The fourth-order valence-corrected chi connectivity index (χ4v) is 0. The Bertz CT molecular complexity index is 57.8. The van der Waals surface area contributed by atoms with Crippen LogP contribution in [0.2, 0.25) is 0 Å². The molecule has 0 aromatic rings. The van der Waals surface area contributed by atoms with Gasteiger partial charge in [-0.05, 0) is 0 Å². The third kappa shape index (κ3) is 128. The molecule has 0 bridgehead atoms. The fourth-order valence-electron chi connectivity index (χ4n) is 0. The summed E-state index contributed by atoms with van der Waals surface area (Å²) in [7, 11) is -4.64. The first-order valence-electron chi connectivity index (χ1n) is 0.783. The van der Waals surface area contributed by atoms with E-state index in [4.69, 9.17) is 19.2 Å². The summed E-state index contributed by atoms with van der Waals surface area (Å²) >= 11 is 0. The van der Waals surface area contributed by atoms with Crippen LogP contribution in [0.5, 0.6) is 0 Å². The predicted molar refractivity (Wildman–Crippen MR) is 25.8 cm³/mol. The first kappa shape index (κ1) is 15.7. The molecule has 7 heavy (non-hydrogen) atoms. The minimum atomic E-state index is -4.64. The maximum absolute atomic E-state index is 8.88. The van der Waals surface area contributed by atoms with Gasteiger partial charge in [0.25, 0.3) is 0 Å². The minimum absolute atomic E-state index is 0. The van der Waals surface area contributed by atoms with E-state index in [1.807, 2.05) is 0 Å². The van der Waals surface area contributed by atoms with Crippen molar-refractivity contribution in [2.75, 3.05) is 0 Å². The summed E-state index contributed by atoms with van der Waals surface area (Å²) < 4.78 is 8.88. The van der Waals surface area contributed by atoms with Crippen LogP contribution in [0.3, 0.4) is 0 Å². The standard InChI is InChI=1S/Ge.Li.H3O4P/c;;1-5(2,3)4/h;;(H3,1,2,3,4). The summed E-state index contributed by atoms with van der Waals surface area (Å²) in [6.07, 6.45) is 0. The van der Waals surface area contributed by atoms with Crippen molar-refractivity contribution < 1.29 is 19.2 Å². The first-order valence-corrected chi connectivity index (χ1v) is 2.35. The molecule has 0 rings (SSSR count). The van der Waals surface area contributed by atoms with Gasteiger partial charge in [-0.1, -0.05) is 0 Å². The van der Waals surface area contributed by atoms with Crippen LogP contribution in [0.25, 0.3) is 0 Å². The van der Waals surface area contributed by atoms with Gasteiger partial charge in [0.05, 0.1) is 0 Å². The minimum Gasteiger partial charge on any atom is -0.303 e. The molecule has 0 fully saturated rings. The van der Waals surface area contributed by atoms with Crippen LogP contribution in [-0.2, 0) is 4.57 Å². The van der Waals surface area contributed by atoms with E-state index in [-0.39, 0.29) is 36.5 Å². The average molecular weight is 178 g/mol. The van der Waals surface area contributed by atoms with E-state index in [1.165, 1.54) is 0 Å². The number of rotatable bonds is 0.